The van der Waals surface area contributed by atoms with Crippen molar-refractivity contribution in [2.75, 3.05) is 7.11 Å². The number of hydrogen-bond acceptors (Lipinski definition) is 5. The molecule has 34 heavy (non-hydrogen) atoms. The number of hydrogen-bond donors (Lipinski definition) is 0. The van der Waals surface area contributed by atoms with Gasteiger partial charge in [-0.15, -0.1) is 11.3 Å². The van der Waals surface area contributed by atoms with Crippen LogP contribution in [0.3, 0.4) is 0 Å². The molecular weight excluding hydrogens is 489 g/mol. The van der Waals surface area contributed by atoms with Crippen LogP contribution >= 0.6 is 34.5 Å². The standard InChI is InChI=1S/C27H15Cl2NO3S/c1-32-21-11-10-18-22(28)25(34-24(18)23(21)29)26-30-20(27(31)33-26)13-19-16-8-4-2-6-14(16)12-15-7-3-5-9-17(15)19/h2-13H,1H3/b20-13-. The average molecular weight is 504 g/mol. The van der Waals surface area contributed by atoms with Crippen molar-refractivity contribution in [1.29, 1.82) is 0 Å². The molecule has 0 saturated carbocycles. The molecule has 1 aromatic heterocycles. The Morgan fingerprint density at radius 2 is 1.59 bits per heavy atom. The predicted octanol–water partition coefficient (Wildman–Crippen LogP) is 7.87. The van der Waals surface area contributed by atoms with E-state index in [4.69, 9.17) is 32.7 Å². The summed E-state index contributed by atoms with van der Waals surface area (Å²) >= 11 is 14.4. The first-order valence-corrected chi connectivity index (χ1v) is 12.0. The second-order valence-electron chi connectivity index (χ2n) is 7.77. The second kappa shape index (κ2) is 8.13. The van der Waals surface area contributed by atoms with Crippen molar-refractivity contribution in [2.45, 2.75) is 0 Å². The number of ether oxygens (including phenoxy) is 2. The van der Waals surface area contributed by atoms with E-state index in [1.165, 1.54) is 11.3 Å². The van der Waals surface area contributed by atoms with Gasteiger partial charge in [-0.3, -0.25) is 0 Å². The highest BCUT2D eigenvalue weighted by molar-refractivity contribution is 7.22. The fourth-order valence-electron chi connectivity index (χ4n) is 4.22. The molecule has 0 spiro atoms. The molecule has 0 saturated heterocycles. The molecule has 0 unspecified atom stereocenters. The number of halogens is 2. The third kappa shape index (κ3) is 3.28. The van der Waals surface area contributed by atoms with E-state index in [1.807, 2.05) is 42.5 Å². The Morgan fingerprint density at radius 3 is 2.26 bits per heavy atom. The van der Waals surface area contributed by atoms with Crippen LogP contribution in [0.2, 0.25) is 10.0 Å². The highest BCUT2D eigenvalue weighted by atomic mass is 35.5. The van der Waals surface area contributed by atoms with E-state index in [-0.39, 0.29) is 11.6 Å². The van der Waals surface area contributed by atoms with Gasteiger partial charge in [-0.2, -0.15) is 0 Å². The molecule has 0 atom stereocenters. The summed E-state index contributed by atoms with van der Waals surface area (Å²) in [6.45, 7) is 0. The summed E-state index contributed by atoms with van der Waals surface area (Å²) in [7, 11) is 1.56. The minimum atomic E-state index is -0.524. The molecule has 7 heteroatoms. The maximum atomic E-state index is 12.8. The van der Waals surface area contributed by atoms with Crippen LogP contribution in [0.25, 0.3) is 37.7 Å². The molecular formula is C27H15Cl2NO3S. The van der Waals surface area contributed by atoms with E-state index < -0.39 is 5.97 Å². The molecule has 0 N–H and O–H groups in total. The van der Waals surface area contributed by atoms with Crippen molar-refractivity contribution < 1.29 is 14.3 Å². The van der Waals surface area contributed by atoms with Gasteiger partial charge in [0.05, 0.1) is 16.8 Å². The van der Waals surface area contributed by atoms with Crippen LogP contribution in [0.5, 0.6) is 5.75 Å². The number of methoxy groups -OCH3 is 1. The molecule has 4 aromatic carbocycles. The van der Waals surface area contributed by atoms with Crippen LogP contribution in [0, 0.1) is 0 Å². The van der Waals surface area contributed by atoms with Gasteiger partial charge in [0.15, 0.2) is 5.70 Å². The quantitative estimate of drug-likeness (QED) is 0.143. The van der Waals surface area contributed by atoms with Crippen molar-refractivity contribution in [3.63, 3.8) is 0 Å². The minimum Gasteiger partial charge on any atom is -0.495 e. The summed E-state index contributed by atoms with van der Waals surface area (Å²) in [6.07, 6.45) is 1.79. The van der Waals surface area contributed by atoms with Crippen LogP contribution in [0.1, 0.15) is 10.4 Å². The Hall–Kier alpha value is -3.38. The molecule has 5 aromatic rings. The molecule has 1 aliphatic heterocycles. The van der Waals surface area contributed by atoms with Gasteiger partial charge in [0.25, 0.3) is 0 Å². The summed E-state index contributed by atoms with van der Waals surface area (Å²) in [5.74, 6) is 0.193. The average Bonchev–Trinajstić information content (AvgIpc) is 3.39. The van der Waals surface area contributed by atoms with E-state index >= 15 is 0 Å². The lowest BCUT2D eigenvalue weighted by atomic mass is 9.96. The smallest absolute Gasteiger partial charge is 0.363 e. The van der Waals surface area contributed by atoms with Gasteiger partial charge in [-0.25, -0.2) is 9.79 Å². The van der Waals surface area contributed by atoms with Gasteiger partial charge in [-0.05, 0) is 51.4 Å². The number of thiophene rings is 1. The number of benzene rings is 4. The first-order chi connectivity index (χ1) is 16.5. The van der Waals surface area contributed by atoms with Gasteiger partial charge < -0.3 is 9.47 Å². The normalized spacial score (nSPS) is 14.9. The van der Waals surface area contributed by atoms with Crippen molar-refractivity contribution in [3.05, 3.63) is 92.9 Å². The number of cyclic esters (lactones) is 1. The molecule has 0 amide bonds. The summed E-state index contributed by atoms with van der Waals surface area (Å²) in [4.78, 5) is 17.9. The van der Waals surface area contributed by atoms with Crippen molar-refractivity contribution >= 4 is 84.1 Å². The zero-order valence-electron chi connectivity index (χ0n) is 17.8. The van der Waals surface area contributed by atoms with Crippen molar-refractivity contribution in [1.82, 2.24) is 0 Å². The lowest BCUT2D eigenvalue weighted by Gasteiger charge is -2.08. The number of rotatable bonds is 3. The van der Waals surface area contributed by atoms with E-state index in [9.17, 15) is 4.79 Å². The number of nitrogens with zero attached hydrogens (tertiary/aromatic N) is 1. The first kappa shape index (κ1) is 21.2. The van der Waals surface area contributed by atoms with Gasteiger partial charge in [0, 0.05) is 5.39 Å². The third-order valence-electron chi connectivity index (χ3n) is 5.83. The number of carbonyl (C=O) groups excluding carboxylic acids is 1. The lowest BCUT2D eigenvalue weighted by Crippen LogP contribution is -2.04. The second-order valence-corrected chi connectivity index (χ2v) is 9.55. The first-order valence-electron chi connectivity index (χ1n) is 10.4. The zero-order chi connectivity index (χ0) is 23.4. The van der Waals surface area contributed by atoms with Gasteiger partial charge in [-0.1, -0.05) is 71.7 Å². The van der Waals surface area contributed by atoms with Gasteiger partial charge in [0.2, 0.25) is 5.90 Å². The van der Waals surface area contributed by atoms with E-state index in [1.54, 1.807) is 19.3 Å². The Balaban J connectivity index is 1.53. The third-order valence-corrected chi connectivity index (χ3v) is 8.03. The maximum absolute atomic E-state index is 12.8. The number of esters is 1. The highest BCUT2D eigenvalue weighted by Gasteiger charge is 2.29. The van der Waals surface area contributed by atoms with Crippen LogP contribution in [-0.2, 0) is 9.53 Å². The maximum Gasteiger partial charge on any atom is 0.363 e. The van der Waals surface area contributed by atoms with Crippen molar-refractivity contribution in [2.24, 2.45) is 4.99 Å². The molecule has 2 heterocycles. The summed E-state index contributed by atoms with van der Waals surface area (Å²) in [5.41, 5.74) is 1.13. The molecule has 4 nitrogen and oxygen atoms in total. The molecule has 0 aliphatic carbocycles. The van der Waals surface area contributed by atoms with E-state index in [2.05, 4.69) is 23.2 Å². The fraction of sp³-hybridized carbons (Fsp3) is 0.0370. The summed E-state index contributed by atoms with van der Waals surface area (Å²) in [5, 5.41) is 5.88. The fourth-order valence-corrected chi connectivity index (χ4v) is 6.04. The lowest BCUT2D eigenvalue weighted by molar-refractivity contribution is -0.129. The van der Waals surface area contributed by atoms with Crippen LogP contribution < -0.4 is 4.74 Å². The van der Waals surface area contributed by atoms with Crippen LogP contribution in [0.15, 0.2) is 77.4 Å². The molecule has 6 rings (SSSR count). The van der Waals surface area contributed by atoms with Gasteiger partial charge >= 0.3 is 5.97 Å². The van der Waals surface area contributed by atoms with Gasteiger partial charge in [0.1, 0.15) is 15.6 Å². The minimum absolute atomic E-state index is 0.169. The number of aliphatic imine (C=N–C) groups is 1. The molecule has 0 bridgehead atoms. The summed E-state index contributed by atoms with van der Waals surface area (Å²) < 4.78 is 11.6. The predicted molar refractivity (Wildman–Crippen MR) is 140 cm³/mol. The van der Waals surface area contributed by atoms with Crippen LogP contribution in [0.4, 0.5) is 0 Å². The SMILES string of the molecule is COc1ccc2c(Cl)c(C3=N/C(=C\c4c5ccccc5cc5ccccc45)C(=O)O3)sc2c1Cl. The Bertz CT molecular complexity index is 1660. The monoisotopic (exact) mass is 503 g/mol. The van der Waals surface area contributed by atoms with Crippen LogP contribution in [-0.4, -0.2) is 19.0 Å². The number of carbonyl (C=O) groups is 1. The molecule has 1 aliphatic rings. The molecule has 0 fully saturated rings. The Kier molecular flexibility index (Phi) is 5.06. The molecule has 0 radical (unpaired) electrons. The van der Waals surface area contributed by atoms with Crippen molar-refractivity contribution in [3.8, 4) is 5.75 Å². The van der Waals surface area contributed by atoms with E-state index in [0.717, 1.165) is 37.2 Å². The van der Waals surface area contributed by atoms with E-state index in [0.29, 0.717) is 20.7 Å². The Labute approximate surface area is 208 Å². The zero-order valence-corrected chi connectivity index (χ0v) is 20.1. The summed E-state index contributed by atoms with van der Waals surface area (Å²) in [6, 6.07) is 21.9. The highest BCUT2D eigenvalue weighted by Crippen LogP contribution is 2.44. The number of fused-ring (bicyclic) bond motifs is 3. The Morgan fingerprint density at radius 1 is 0.912 bits per heavy atom. The largest absolute Gasteiger partial charge is 0.495 e. The topological polar surface area (TPSA) is 47.9 Å². The molecule has 166 valence electrons.